The van der Waals surface area contributed by atoms with Crippen molar-refractivity contribution in [2.75, 3.05) is 31.5 Å². The van der Waals surface area contributed by atoms with Crippen LogP contribution in [0.15, 0.2) is 29.4 Å². The van der Waals surface area contributed by atoms with Crippen LogP contribution in [-0.2, 0) is 0 Å². The van der Waals surface area contributed by atoms with Gasteiger partial charge in [0.25, 0.3) is 0 Å². The summed E-state index contributed by atoms with van der Waals surface area (Å²) >= 11 is 0. The number of aliphatic imine (C=N–C) groups is 1. The zero-order valence-electron chi connectivity index (χ0n) is 14.0. The average molecular weight is 315 g/mol. The molecule has 2 aliphatic rings. The van der Waals surface area contributed by atoms with Crippen LogP contribution < -0.4 is 11.1 Å². The highest BCUT2D eigenvalue weighted by molar-refractivity contribution is 5.91. The summed E-state index contributed by atoms with van der Waals surface area (Å²) in [6, 6.07) is 5.70. The number of piperidine rings is 1. The minimum atomic E-state index is 0.449. The lowest BCUT2D eigenvalue weighted by molar-refractivity contribution is 0.0695. The first-order chi connectivity index (χ1) is 11.3. The third-order valence-electron chi connectivity index (χ3n) is 5.45. The van der Waals surface area contributed by atoms with Gasteiger partial charge in [-0.15, -0.1) is 0 Å². The molecule has 1 spiro atoms. The van der Waals surface area contributed by atoms with Crippen molar-refractivity contribution >= 4 is 11.8 Å². The largest absolute Gasteiger partial charge is 0.370 e. The summed E-state index contributed by atoms with van der Waals surface area (Å²) in [6.07, 6.45) is 11.7. The van der Waals surface area contributed by atoms with Gasteiger partial charge in [-0.2, -0.15) is 0 Å². The average Bonchev–Trinajstić information content (AvgIpc) is 2.59. The van der Waals surface area contributed by atoms with Gasteiger partial charge in [-0.3, -0.25) is 4.99 Å². The number of likely N-dealkylation sites (tertiary alicyclic amines) is 1. The van der Waals surface area contributed by atoms with E-state index in [0.29, 0.717) is 11.4 Å². The molecule has 1 aromatic rings. The summed E-state index contributed by atoms with van der Waals surface area (Å²) in [5, 5.41) is 3.02. The number of nitrogens with zero attached hydrogens (tertiary/aromatic N) is 3. The Morgan fingerprint density at radius 2 is 1.96 bits per heavy atom. The number of guanidine groups is 1. The molecule has 0 unspecified atom stereocenters. The predicted molar refractivity (Wildman–Crippen MR) is 95.5 cm³/mol. The van der Waals surface area contributed by atoms with E-state index >= 15 is 0 Å². The van der Waals surface area contributed by atoms with E-state index in [1.807, 2.05) is 18.2 Å². The number of anilines is 1. The highest BCUT2D eigenvalue weighted by Gasteiger charge is 2.35. The van der Waals surface area contributed by atoms with Gasteiger partial charge in [0, 0.05) is 12.7 Å². The second-order valence-corrected chi connectivity index (χ2v) is 7.01. The molecule has 126 valence electrons. The Morgan fingerprint density at radius 1 is 1.17 bits per heavy atom. The predicted octanol–water partition coefficient (Wildman–Crippen LogP) is 2.85. The first-order valence-electron chi connectivity index (χ1n) is 8.96. The Hall–Kier alpha value is -1.62. The van der Waals surface area contributed by atoms with Crippen LogP contribution in [0.25, 0.3) is 0 Å². The van der Waals surface area contributed by atoms with Crippen LogP contribution in [-0.4, -0.2) is 42.0 Å². The fourth-order valence-corrected chi connectivity index (χ4v) is 3.97. The van der Waals surface area contributed by atoms with Crippen molar-refractivity contribution in [1.82, 2.24) is 9.88 Å². The lowest BCUT2D eigenvalue weighted by Gasteiger charge is -2.44. The van der Waals surface area contributed by atoms with Gasteiger partial charge in [0.2, 0.25) is 0 Å². The van der Waals surface area contributed by atoms with E-state index in [9.17, 15) is 0 Å². The standard InChI is InChI=1S/C18H29N5/c19-17(22-16-6-2-5-11-20-16)21-12-15-23-13-9-18(10-14-23)7-3-1-4-8-18/h2,5-6,11H,1,3-4,7-10,12-15H2,(H3,19,20,21,22). The molecule has 1 saturated carbocycles. The molecular weight excluding hydrogens is 286 g/mol. The smallest absolute Gasteiger partial charge is 0.194 e. The van der Waals surface area contributed by atoms with Crippen LogP contribution >= 0.6 is 0 Å². The Balaban J connectivity index is 1.38. The maximum Gasteiger partial charge on any atom is 0.194 e. The van der Waals surface area contributed by atoms with Crippen molar-refractivity contribution in [3.63, 3.8) is 0 Å². The van der Waals surface area contributed by atoms with E-state index in [1.54, 1.807) is 6.20 Å². The Labute approximate surface area is 139 Å². The summed E-state index contributed by atoms with van der Waals surface area (Å²) < 4.78 is 0. The Morgan fingerprint density at radius 3 is 2.65 bits per heavy atom. The van der Waals surface area contributed by atoms with E-state index < -0.39 is 0 Å². The molecule has 5 heteroatoms. The van der Waals surface area contributed by atoms with Crippen molar-refractivity contribution in [2.45, 2.75) is 44.9 Å². The quantitative estimate of drug-likeness (QED) is 0.662. The van der Waals surface area contributed by atoms with Crippen LogP contribution in [0.1, 0.15) is 44.9 Å². The normalized spacial score (nSPS) is 22.2. The highest BCUT2D eigenvalue weighted by atomic mass is 15.2. The second kappa shape index (κ2) is 7.77. The number of hydrogen-bond donors (Lipinski definition) is 2. The molecule has 1 aliphatic carbocycles. The zero-order valence-corrected chi connectivity index (χ0v) is 14.0. The van der Waals surface area contributed by atoms with Crippen LogP contribution in [0.2, 0.25) is 0 Å². The zero-order chi connectivity index (χ0) is 16.0. The number of nitrogens with one attached hydrogen (secondary N) is 1. The monoisotopic (exact) mass is 315 g/mol. The van der Waals surface area contributed by atoms with E-state index in [1.165, 1.54) is 58.0 Å². The van der Waals surface area contributed by atoms with Gasteiger partial charge < -0.3 is 16.0 Å². The molecule has 0 aromatic carbocycles. The topological polar surface area (TPSA) is 66.5 Å². The highest BCUT2D eigenvalue weighted by Crippen LogP contribution is 2.44. The molecule has 1 saturated heterocycles. The van der Waals surface area contributed by atoms with Crippen LogP contribution in [0.5, 0.6) is 0 Å². The maximum atomic E-state index is 5.91. The Bertz CT molecular complexity index is 497. The van der Waals surface area contributed by atoms with E-state index in [2.05, 4.69) is 20.2 Å². The summed E-state index contributed by atoms with van der Waals surface area (Å²) in [5.41, 5.74) is 6.59. The number of hydrogen-bond acceptors (Lipinski definition) is 3. The molecule has 0 amide bonds. The second-order valence-electron chi connectivity index (χ2n) is 7.01. The van der Waals surface area contributed by atoms with Gasteiger partial charge in [0.15, 0.2) is 5.96 Å². The lowest BCUT2D eigenvalue weighted by atomic mass is 9.68. The van der Waals surface area contributed by atoms with Gasteiger partial charge in [-0.05, 0) is 56.3 Å². The first kappa shape index (κ1) is 16.2. The van der Waals surface area contributed by atoms with Crippen molar-refractivity contribution in [1.29, 1.82) is 0 Å². The molecule has 2 fully saturated rings. The van der Waals surface area contributed by atoms with Gasteiger partial charge in [-0.25, -0.2) is 4.98 Å². The third kappa shape index (κ3) is 4.67. The minimum Gasteiger partial charge on any atom is -0.370 e. The molecule has 1 aliphatic heterocycles. The first-order valence-corrected chi connectivity index (χ1v) is 8.96. The lowest BCUT2D eigenvalue weighted by Crippen LogP contribution is -2.42. The third-order valence-corrected chi connectivity index (χ3v) is 5.45. The maximum absolute atomic E-state index is 5.91. The molecule has 23 heavy (non-hydrogen) atoms. The van der Waals surface area contributed by atoms with E-state index in [4.69, 9.17) is 5.73 Å². The van der Waals surface area contributed by atoms with Gasteiger partial charge in [0.05, 0.1) is 6.54 Å². The summed E-state index contributed by atoms with van der Waals surface area (Å²) in [6.45, 7) is 4.20. The van der Waals surface area contributed by atoms with E-state index in [-0.39, 0.29) is 0 Å². The fraction of sp³-hybridized carbons (Fsp3) is 0.667. The van der Waals surface area contributed by atoms with Crippen LogP contribution in [0.3, 0.4) is 0 Å². The molecule has 0 radical (unpaired) electrons. The minimum absolute atomic E-state index is 0.449. The van der Waals surface area contributed by atoms with Crippen LogP contribution in [0, 0.1) is 5.41 Å². The van der Waals surface area contributed by atoms with Gasteiger partial charge >= 0.3 is 0 Å². The van der Waals surface area contributed by atoms with Crippen molar-refractivity contribution in [2.24, 2.45) is 16.1 Å². The van der Waals surface area contributed by atoms with Crippen molar-refractivity contribution < 1.29 is 0 Å². The van der Waals surface area contributed by atoms with Crippen LogP contribution in [0.4, 0.5) is 5.82 Å². The SMILES string of the molecule is NC(=NCCN1CCC2(CCCCC2)CC1)Nc1ccccn1. The molecule has 3 rings (SSSR count). The van der Waals surface area contributed by atoms with Gasteiger partial charge in [0.1, 0.15) is 5.82 Å². The number of aromatic nitrogens is 1. The summed E-state index contributed by atoms with van der Waals surface area (Å²) in [7, 11) is 0. The molecule has 5 nitrogen and oxygen atoms in total. The molecule has 2 heterocycles. The van der Waals surface area contributed by atoms with Crippen molar-refractivity contribution in [3.8, 4) is 0 Å². The summed E-state index contributed by atoms with van der Waals surface area (Å²) in [4.78, 5) is 11.1. The number of rotatable bonds is 4. The van der Waals surface area contributed by atoms with E-state index in [0.717, 1.165) is 18.9 Å². The molecular formula is C18H29N5. The molecule has 1 aromatic heterocycles. The molecule has 0 bridgehead atoms. The fourth-order valence-electron chi connectivity index (χ4n) is 3.97. The van der Waals surface area contributed by atoms with Gasteiger partial charge in [-0.1, -0.05) is 25.3 Å². The summed E-state index contributed by atoms with van der Waals surface area (Å²) in [5.74, 6) is 1.19. The molecule has 0 atom stereocenters. The number of pyridine rings is 1. The number of nitrogens with two attached hydrogens (primary N) is 1. The molecule has 3 N–H and O–H groups in total. The van der Waals surface area contributed by atoms with Crippen molar-refractivity contribution in [3.05, 3.63) is 24.4 Å². The Kier molecular flexibility index (Phi) is 5.49.